The summed E-state index contributed by atoms with van der Waals surface area (Å²) in [5, 5.41) is 11.7. The van der Waals surface area contributed by atoms with Crippen LogP contribution in [0.3, 0.4) is 0 Å². The van der Waals surface area contributed by atoms with Gasteiger partial charge in [-0.05, 0) is 30.7 Å². The standard InChI is InChI=1S/C18H16N4O/c1-12-11-23-18(21-12)13-4-3-7-16(8-13)19-9-14-5-2-6-15-10-20-22-17(14)15/h2-8,10-11,19H,9H2,1H3,(H,20,22). The van der Waals surface area contributed by atoms with E-state index < -0.39 is 0 Å². The molecule has 4 aromatic rings. The second-order valence-electron chi connectivity index (χ2n) is 5.48. The molecule has 2 aromatic heterocycles. The molecule has 0 fully saturated rings. The van der Waals surface area contributed by atoms with Gasteiger partial charge in [0.25, 0.3) is 0 Å². The maximum absolute atomic E-state index is 5.46. The number of aryl methyl sites for hydroxylation is 1. The first kappa shape index (κ1) is 13.6. The summed E-state index contributed by atoms with van der Waals surface area (Å²) in [6.45, 7) is 2.63. The Morgan fingerprint density at radius 3 is 2.96 bits per heavy atom. The first-order chi connectivity index (χ1) is 11.3. The minimum atomic E-state index is 0.641. The van der Waals surface area contributed by atoms with Gasteiger partial charge in [0.2, 0.25) is 5.89 Å². The maximum atomic E-state index is 5.46. The molecule has 0 aliphatic heterocycles. The summed E-state index contributed by atoms with van der Waals surface area (Å²) in [6, 6.07) is 14.2. The third kappa shape index (κ3) is 2.68. The van der Waals surface area contributed by atoms with E-state index in [9.17, 15) is 0 Å². The van der Waals surface area contributed by atoms with Crippen LogP contribution in [0.15, 0.2) is 59.3 Å². The number of nitrogens with zero attached hydrogens (tertiary/aromatic N) is 2. The smallest absolute Gasteiger partial charge is 0.226 e. The third-order valence-electron chi connectivity index (χ3n) is 3.77. The van der Waals surface area contributed by atoms with Crippen LogP contribution < -0.4 is 5.32 Å². The van der Waals surface area contributed by atoms with Crippen LogP contribution in [0.4, 0.5) is 5.69 Å². The van der Waals surface area contributed by atoms with Gasteiger partial charge < -0.3 is 9.73 Å². The van der Waals surface area contributed by atoms with Gasteiger partial charge in [-0.15, -0.1) is 0 Å². The Morgan fingerprint density at radius 2 is 2.09 bits per heavy atom. The molecule has 23 heavy (non-hydrogen) atoms. The molecule has 0 bridgehead atoms. The van der Waals surface area contributed by atoms with Gasteiger partial charge in [0, 0.05) is 23.2 Å². The molecule has 2 aromatic carbocycles. The lowest BCUT2D eigenvalue weighted by atomic mass is 10.1. The van der Waals surface area contributed by atoms with Crippen LogP contribution in [0.5, 0.6) is 0 Å². The molecule has 2 heterocycles. The van der Waals surface area contributed by atoms with E-state index in [-0.39, 0.29) is 0 Å². The Hall–Kier alpha value is -3.08. The highest BCUT2D eigenvalue weighted by Gasteiger charge is 2.06. The molecule has 4 rings (SSSR count). The molecule has 0 saturated carbocycles. The van der Waals surface area contributed by atoms with Crippen molar-refractivity contribution in [3.63, 3.8) is 0 Å². The first-order valence-corrected chi connectivity index (χ1v) is 7.47. The second-order valence-corrected chi connectivity index (χ2v) is 5.48. The molecule has 0 saturated heterocycles. The number of aromatic nitrogens is 3. The third-order valence-corrected chi connectivity index (χ3v) is 3.77. The van der Waals surface area contributed by atoms with E-state index in [1.54, 1.807) is 6.26 Å². The summed E-state index contributed by atoms with van der Waals surface area (Å²) >= 11 is 0. The Labute approximate surface area is 133 Å². The van der Waals surface area contributed by atoms with Crippen molar-refractivity contribution < 1.29 is 4.42 Å². The average molecular weight is 304 g/mol. The highest BCUT2D eigenvalue weighted by molar-refractivity contribution is 5.81. The fourth-order valence-corrected chi connectivity index (χ4v) is 2.62. The molecule has 2 N–H and O–H groups in total. The van der Waals surface area contributed by atoms with Crippen LogP contribution in [0.2, 0.25) is 0 Å². The Balaban J connectivity index is 1.56. The fraction of sp³-hybridized carbons (Fsp3) is 0.111. The maximum Gasteiger partial charge on any atom is 0.226 e. The molecule has 0 atom stereocenters. The number of hydrogen-bond donors (Lipinski definition) is 2. The lowest BCUT2D eigenvalue weighted by Crippen LogP contribution is -2.00. The number of aromatic amines is 1. The Bertz CT molecular complexity index is 954. The first-order valence-electron chi connectivity index (χ1n) is 7.47. The summed E-state index contributed by atoms with van der Waals surface area (Å²) in [4.78, 5) is 4.37. The Kier molecular flexibility index (Phi) is 3.31. The second kappa shape index (κ2) is 5.61. The van der Waals surface area contributed by atoms with Gasteiger partial charge in [-0.25, -0.2) is 4.98 Å². The molecule has 114 valence electrons. The van der Waals surface area contributed by atoms with Crippen molar-refractivity contribution in [1.82, 2.24) is 15.2 Å². The normalized spacial score (nSPS) is 11.0. The van der Waals surface area contributed by atoms with Gasteiger partial charge in [0.1, 0.15) is 6.26 Å². The van der Waals surface area contributed by atoms with Gasteiger partial charge in [-0.3, -0.25) is 5.10 Å². The number of oxazole rings is 1. The molecular weight excluding hydrogens is 288 g/mol. The molecule has 0 aliphatic rings. The molecule has 5 nitrogen and oxygen atoms in total. The van der Waals surface area contributed by atoms with Crippen LogP contribution >= 0.6 is 0 Å². The van der Waals surface area contributed by atoms with E-state index in [0.29, 0.717) is 12.4 Å². The number of nitrogens with one attached hydrogen (secondary N) is 2. The summed E-state index contributed by atoms with van der Waals surface area (Å²) < 4.78 is 5.46. The minimum absolute atomic E-state index is 0.641. The van der Waals surface area contributed by atoms with Gasteiger partial charge in [-0.1, -0.05) is 24.3 Å². The zero-order chi connectivity index (χ0) is 15.6. The van der Waals surface area contributed by atoms with Crippen molar-refractivity contribution in [2.75, 3.05) is 5.32 Å². The Morgan fingerprint density at radius 1 is 1.17 bits per heavy atom. The van der Waals surface area contributed by atoms with E-state index in [1.807, 2.05) is 49.5 Å². The van der Waals surface area contributed by atoms with Crippen molar-refractivity contribution in [1.29, 1.82) is 0 Å². The number of anilines is 1. The van der Waals surface area contributed by atoms with E-state index in [0.717, 1.165) is 27.8 Å². The number of rotatable bonds is 4. The summed E-state index contributed by atoms with van der Waals surface area (Å²) in [6.07, 6.45) is 3.50. The largest absolute Gasteiger partial charge is 0.444 e. The number of hydrogen-bond acceptors (Lipinski definition) is 4. The van der Waals surface area contributed by atoms with Gasteiger partial charge in [0.05, 0.1) is 17.4 Å². The fourth-order valence-electron chi connectivity index (χ4n) is 2.62. The van der Waals surface area contributed by atoms with Crippen LogP contribution in [-0.2, 0) is 6.54 Å². The van der Waals surface area contributed by atoms with Gasteiger partial charge in [-0.2, -0.15) is 5.10 Å². The monoisotopic (exact) mass is 304 g/mol. The van der Waals surface area contributed by atoms with Crippen LogP contribution in [-0.4, -0.2) is 15.2 Å². The van der Waals surface area contributed by atoms with E-state index >= 15 is 0 Å². The zero-order valence-electron chi connectivity index (χ0n) is 12.7. The topological polar surface area (TPSA) is 66.7 Å². The minimum Gasteiger partial charge on any atom is -0.444 e. The summed E-state index contributed by atoms with van der Waals surface area (Å²) in [5.41, 5.74) is 5.11. The number of fused-ring (bicyclic) bond motifs is 1. The number of benzene rings is 2. The average Bonchev–Trinajstić information content (AvgIpc) is 3.22. The molecule has 0 spiro atoms. The van der Waals surface area contributed by atoms with Crippen molar-refractivity contribution in [2.45, 2.75) is 13.5 Å². The summed E-state index contributed by atoms with van der Waals surface area (Å²) in [7, 11) is 0. The molecule has 0 amide bonds. The quantitative estimate of drug-likeness (QED) is 0.594. The van der Waals surface area contributed by atoms with Crippen LogP contribution in [0, 0.1) is 6.92 Å². The molecule has 5 heteroatoms. The molecule has 0 unspecified atom stereocenters. The van der Waals surface area contributed by atoms with Gasteiger partial charge >= 0.3 is 0 Å². The van der Waals surface area contributed by atoms with Crippen molar-refractivity contribution in [3.8, 4) is 11.5 Å². The zero-order valence-corrected chi connectivity index (χ0v) is 12.7. The predicted molar refractivity (Wildman–Crippen MR) is 90.1 cm³/mol. The van der Waals surface area contributed by atoms with E-state index in [2.05, 4.69) is 26.6 Å². The number of H-pyrrole nitrogens is 1. The number of para-hydroxylation sites is 1. The van der Waals surface area contributed by atoms with Gasteiger partial charge in [0.15, 0.2) is 0 Å². The highest BCUT2D eigenvalue weighted by atomic mass is 16.3. The van der Waals surface area contributed by atoms with E-state index in [1.165, 1.54) is 5.56 Å². The molecule has 0 radical (unpaired) electrons. The summed E-state index contributed by atoms with van der Waals surface area (Å²) in [5.74, 6) is 0.641. The lowest BCUT2D eigenvalue weighted by molar-refractivity contribution is 0.573. The van der Waals surface area contributed by atoms with E-state index in [4.69, 9.17) is 4.42 Å². The van der Waals surface area contributed by atoms with Crippen molar-refractivity contribution >= 4 is 16.6 Å². The predicted octanol–water partition coefficient (Wildman–Crippen LogP) is 4.14. The van der Waals surface area contributed by atoms with Crippen LogP contribution in [0.1, 0.15) is 11.3 Å². The highest BCUT2D eigenvalue weighted by Crippen LogP contribution is 2.23. The molecular formula is C18H16N4O. The lowest BCUT2D eigenvalue weighted by Gasteiger charge is -2.08. The van der Waals surface area contributed by atoms with Crippen molar-refractivity contribution in [2.24, 2.45) is 0 Å². The molecule has 0 aliphatic carbocycles. The van der Waals surface area contributed by atoms with Crippen LogP contribution in [0.25, 0.3) is 22.4 Å². The SMILES string of the molecule is Cc1coc(-c2cccc(NCc3cccc4cn[nH]c34)c2)n1. The van der Waals surface area contributed by atoms with Crippen molar-refractivity contribution in [3.05, 3.63) is 66.2 Å².